The quantitative estimate of drug-likeness (QED) is 0.705. The summed E-state index contributed by atoms with van der Waals surface area (Å²) in [6, 6.07) is 0. The summed E-state index contributed by atoms with van der Waals surface area (Å²) in [5, 5.41) is 3.81. The second-order valence-corrected chi connectivity index (χ2v) is 4.70. The topological polar surface area (TPSA) is 91.3 Å². The first-order valence-electron chi connectivity index (χ1n) is 6.59. The molecule has 20 heavy (non-hydrogen) atoms. The average molecular weight is 282 g/mol. The molecule has 3 amide bonds. The van der Waals surface area contributed by atoms with E-state index in [1.165, 1.54) is 7.11 Å². The van der Waals surface area contributed by atoms with Crippen LogP contribution in [0, 0.1) is 0 Å². The van der Waals surface area contributed by atoms with E-state index in [9.17, 15) is 14.4 Å². The van der Waals surface area contributed by atoms with Crippen LogP contribution in [0.5, 0.6) is 0 Å². The Morgan fingerprint density at radius 3 is 2.50 bits per heavy atom. The number of carbonyl (C=O) groups excluding carboxylic acids is 3. The highest BCUT2D eigenvalue weighted by Gasteiger charge is 2.26. The summed E-state index contributed by atoms with van der Waals surface area (Å²) in [5.74, 6) is -0.342. The molecule has 1 fully saturated rings. The van der Waals surface area contributed by atoms with Crippen molar-refractivity contribution in [2.45, 2.75) is 19.3 Å². The molecule has 0 unspecified atom stereocenters. The number of amides is 3. The standard InChI is InChI=1S/C12H18N4O4/c1-20-12(19)16-6-2-5-15(7-8-16)11(18)9-3-4-10(17)14-13-9/h2-8H2,1H3,(H,14,17). The van der Waals surface area contributed by atoms with Gasteiger partial charge in [0.15, 0.2) is 0 Å². The predicted molar refractivity (Wildman–Crippen MR) is 70.0 cm³/mol. The van der Waals surface area contributed by atoms with Crippen LogP contribution in [0.15, 0.2) is 5.10 Å². The molecule has 110 valence electrons. The molecule has 0 aromatic heterocycles. The molecule has 8 nitrogen and oxygen atoms in total. The second kappa shape index (κ2) is 6.36. The van der Waals surface area contributed by atoms with Gasteiger partial charge in [0.1, 0.15) is 5.71 Å². The number of hydrogen-bond donors (Lipinski definition) is 1. The lowest BCUT2D eigenvalue weighted by Gasteiger charge is -2.22. The maximum Gasteiger partial charge on any atom is 0.409 e. The Labute approximate surface area is 116 Å². The summed E-state index contributed by atoms with van der Waals surface area (Å²) >= 11 is 0. The molecule has 1 saturated heterocycles. The molecule has 0 atom stereocenters. The summed E-state index contributed by atoms with van der Waals surface area (Å²) in [7, 11) is 1.34. The number of hydrogen-bond acceptors (Lipinski definition) is 5. The minimum Gasteiger partial charge on any atom is -0.453 e. The van der Waals surface area contributed by atoms with Crippen LogP contribution in [0.4, 0.5) is 4.79 Å². The van der Waals surface area contributed by atoms with Crippen molar-refractivity contribution in [3.8, 4) is 0 Å². The highest BCUT2D eigenvalue weighted by molar-refractivity contribution is 6.39. The lowest BCUT2D eigenvalue weighted by molar-refractivity contribution is -0.124. The van der Waals surface area contributed by atoms with Crippen LogP contribution in [0.25, 0.3) is 0 Å². The first kappa shape index (κ1) is 14.3. The van der Waals surface area contributed by atoms with Gasteiger partial charge in [-0.1, -0.05) is 0 Å². The van der Waals surface area contributed by atoms with Crippen molar-refractivity contribution in [3.05, 3.63) is 0 Å². The molecular formula is C12H18N4O4. The summed E-state index contributed by atoms with van der Waals surface area (Å²) < 4.78 is 4.68. The van der Waals surface area contributed by atoms with Gasteiger partial charge in [-0.05, 0) is 6.42 Å². The fraction of sp³-hybridized carbons (Fsp3) is 0.667. The third-order valence-electron chi connectivity index (χ3n) is 3.37. The van der Waals surface area contributed by atoms with Crippen LogP contribution in [-0.2, 0) is 14.3 Å². The van der Waals surface area contributed by atoms with Gasteiger partial charge >= 0.3 is 6.09 Å². The van der Waals surface area contributed by atoms with Crippen LogP contribution >= 0.6 is 0 Å². The van der Waals surface area contributed by atoms with Crippen molar-refractivity contribution in [1.29, 1.82) is 0 Å². The zero-order valence-corrected chi connectivity index (χ0v) is 11.4. The number of hydrazone groups is 1. The van der Waals surface area contributed by atoms with E-state index in [0.717, 1.165) is 0 Å². The molecule has 0 radical (unpaired) electrons. The number of nitrogens with one attached hydrogen (secondary N) is 1. The Morgan fingerprint density at radius 2 is 1.85 bits per heavy atom. The normalized spacial score (nSPS) is 19.9. The predicted octanol–water partition coefficient (Wildman–Crippen LogP) is -0.447. The third kappa shape index (κ3) is 3.25. The van der Waals surface area contributed by atoms with Crippen LogP contribution in [0.2, 0.25) is 0 Å². The van der Waals surface area contributed by atoms with E-state index < -0.39 is 0 Å². The van der Waals surface area contributed by atoms with Crippen molar-refractivity contribution >= 4 is 23.6 Å². The van der Waals surface area contributed by atoms with E-state index in [-0.39, 0.29) is 24.3 Å². The van der Waals surface area contributed by atoms with E-state index in [1.807, 2.05) is 0 Å². The number of carbonyl (C=O) groups is 3. The molecule has 0 saturated carbocycles. The highest BCUT2D eigenvalue weighted by atomic mass is 16.5. The van der Waals surface area contributed by atoms with Gasteiger partial charge < -0.3 is 14.5 Å². The minimum absolute atomic E-state index is 0.170. The molecule has 8 heteroatoms. The lowest BCUT2D eigenvalue weighted by atomic mass is 10.1. The summed E-state index contributed by atoms with van der Waals surface area (Å²) in [4.78, 5) is 38.0. The number of nitrogens with zero attached hydrogens (tertiary/aromatic N) is 3. The Balaban J connectivity index is 1.95. The summed E-state index contributed by atoms with van der Waals surface area (Å²) in [6.45, 7) is 2.03. The van der Waals surface area contributed by atoms with Gasteiger partial charge in [0.05, 0.1) is 7.11 Å². The van der Waals surface area contributed by atoms with Crippen LogP contribution in [0.3, 0.4) is 0 Å². The third-order valence-corrected chi connectivity index (χ3v) is 3.37. The smallest absolute Gasteiger partial charge is 0.409 e. The second-order valence-electron chi connectivity index (χ2n) is 4.70. The average Bonchev–Trinajstić information content (AvgIpc) is 2.72. The zero-order valence-electron chi connectivity index (χ0n) is 11.4. The Hall–Kier alpha value is -2.12. The van der Waals surface area contributed by atoms with Gasteiger partial charge in [0.2, 0.25) is 5.91 Å². The molecule has 0 spiro atoms. The van der Waals surface area contributed by atoms with E-state index in [1.54, 1.807) is 9.80 Å². The van der Waals surface area contributed by atoms with E-state index in [0.29, 0.717) is 44.7 Å². The first-order chi connectivity index (χ1) is 9.61. The van der Waals surface area contributed by atoms with Crippen LogP contribution in [-0.4, -0.2) is 66.7 Å². The van der Waals surface area contributed by atoms with E-state index in [2.05, 4.69) is 15.3 Å². The van der Waals surface area contributed by atoms with Gasteiger partial charge in [0.25, 0.3) is 5.91 Å². The molecule has 0 bridgehead atoms. The largest absolute Gasteiger partial charge is 0.453 e. The van der Waals surface area contributed by atoms with Crippen molar-refractivity contribution < 1.29 is 19.1 Å². The number of methoxy groups -OCH3 is 1. The van der Waals surface area contributed by atoms with E-state index >= 15 is 0 Å². The fourth-order valence-electron chi connectivity index (χ4n) is 2.24. The molecular weight excluding hydrogens is 264 g/mol. The van der Waals surface area contributed by atoms with Crippen molar-refractivity contribution in [2.75, 3.05) is 33.3 Å². The molecule has 1 N–H and O–H groups in total. The van der Waals surface area contributed by atoms with Gasteiger partial charge in [-0.3, -0.25) is 9.59 Å². The Kier molecular flexibility index (Phi) is 4.54. The molecule has 2 heterocycles. The summed E-state index contributed by atoms with van der Waals surface area (Å²) in [5.41, 5.74) is 2.69. The minimum atomic E-state index is -0.374. The molecule has 0 aromatic rings. The number of ether oxygens (including phenoxy) is 1. The van der Waals surface area contributed by atoms with Crippen molar-refractivity contribution in [1.82, 2.24) is 15.2 Å². The van der Waals surface area contributed by atoms with Crippen molar-refractivity contribution in [3.63, 3.8) is 0 Å². The fourth-order valence-corrected chi connectivity index (χ4v) is 2.24. The maximum absolute atomic E-state index is 12.3. The summed E-state index contributed by atoms with van der Waals surface area (Å²) in [6.07, 6.45) is 0.969. The lowest BCUT2D eigenvalue weighted by Crippen LogP contribution is -2.42. The SMILES string of the molecule is COC(=O)N1CCCN(C(=O)C2=NNC(=O)CC2)CC1. The Bertz CT molecular complexity index is 449. The van der Waals surface area contributed by atoms with Gasteiger partial charge in [-0.2, -0.15) is 5.10 Å². The molecule has 0 aromatic carbocycles. The monoisotopic (exact) mass is 282 g/mol. The first-order valence-corrected chi connectivity index (χ1v) is 6.59. The zero-order chi connectivity index (χ0) is 14.5. The number of rotatable bonds is 1. The van der Waals surface area contributed by atoms with Gasteiger partial charge in [0, 0.05) is 39.0 Å². The van der Waals surface area contributed by atoms with E-state index in [4.69, 9.17) is 0 Å². The molecule has 2 aliphatic rings. The van der Waals surface area contributed by atoms with Crippen LogP contribution in [0.1, 0.15) is 19.3 Å². The van der Waals surface area contributed by atoms with Crippen LogP contribution < -0.4 is 5.43 Å². The highest BCUT2D eigenvalue weighted by Crippen LogP contribution is 2.08. The van der Waals surface area contributed by atoms with Crippen molar-refractivity contribution in [2.24, 2.45) is 5.10 Å². The molecule has 0 aliphatic carbocycles. The molecule has 2 aliphatic heterocycles. The maximum atomic E-state index is 12.3. The van der Waals surface area contributed by atoms with Gasteiger partial charge in [-0.15, -0.1) is 0 Å². The Morgan fingerprint density at radius 1 is 1.15 bits per heavy atom. The molecule has 2 rings (SSSR count). The van der Waals surface area contributed by atoms with Gasteiger partial charge in [-0.25, -0.2) is 10.2 Å².